The van der Waals surface area contributed by atoms with Gasteiger partial charge in [0.15, 0.2) is 0 Å². The highest BCUT2D eigenvalue weighted by atomic mass is 16.5. The van der Waals surface area contributed by atoms with Gasteiger partial charge in [-0.05, 0) is 37.3 Å². The quantitative estimate of drug-likeness (QED) is 0.424. The molecule has 4 nitrogen and oxygen atoms in total. The average Bonchev–Trinajstić information content (AvgIpc) is 2.73. The number of carbonyl (C=O) groups excluding carboxylic acids is 1. The number of rotatable bonds is 5. The summed E-state index contributed by atoms with van der Waals surface area (Å²) in [5.41, 5.74) is 2.88. The highest BCUT2D eigenvalue weighted by Crippen LogP contribution is 2.26. The molecule has 0 radical (unpaired) electrons. The summed E-state index contributed by atoms with van der Waals surface area (Å²) in [6.45, 7) is 1.99. The van der Waals surface area contributed by atoms with Crippen LogP contribution in [0.2, 0.25) is 0 Å². The fraction of sp³-hybridized carbons (Fsp3) is 0.0833. The summed E-state index contributed by atoms with van der Waals surface area (Å²) in [7, 11) is 0. The maximum atomic E-state index is 12.8. The molecule has 0 aliphatic heterocycles. The second-order valence-electron chi connectivity index (χ2n) is 6.43. The summed E-state index contributed by atoms with van der Waals surface area (Å²) in [5.74, 6) is 1.02. The molecule has 4 rings (SSSR count). The Balaban J connectivity index is 1.55. The van der Waals surface area contributed by atoms with E-state index in [1.165, 1.54) is 0 Å². The molecule has 0 atom stereocenters. The normalized spacial score (nSPS) is 10.6. The first-order valence-electron chi connectivity index (χ1n) is 9.05. The van der Waals surface area contributed by atoms with Gasteiger partial charge in [-0.2, -0.15) is 0 Å². The van der Waals surface area contributed by atoms with E-state index in [2.05, 4.69) is 4.98 Å². The lowest BCUT2D eigenvalue weighted by Crippen LogP contribution is -2.07. The lowest BCUT2D eigenvalue weighted by atomic mass is 10.1. The molecule has 0 spiro atoms. The molecule has 3 aromatic carbocycles. The van der Waals surface area contributed by atoms with E-state index in [-0.39, 0.29) is 12.6 Å². The van der Waals surface area contributed by atoms with Crippen molar-refractivity contribution >= 4 is 16.9 Å². The van der Waals surface area contributed by atoms with Crippen molar-refractivity contribution in [2.75, 3.05) is 0 Å². The largest absolute Gasteiger partial charge is 0.457 e. The Morgan fingerprint density at radius 3 is 2.46 bits per heavy atom. The van der Waals surface area contributed by atoms with Crippen LogP contribution in [-0.4, -0.2) is 11.0 Å². The van der Waals surface area contributed by atoms with Gasteiger partial charge in [0.05, 0.1) is 11.1 Å². The van der Waals surface area contributed by atoms with Crippen LogP contribution in [0.5, 0.6) is 11.5 Å². The number of carbonyl (C=O) groups is 1. The number of ether oxygens (including phenoxy) is 2. The van der Waals surface area contributed by atoms with Gasteiger partial charge in [-0.25, -0.2) is 4.79 Å². The molecule has 0 aliphatic carbocycles. The van der Waals surface area contributed by atoms with Crippen LogP contribution in [0.1, 0.15) is 21.6 Å². The van der Waals surface area contributed by atoms with Gasteiger partial charge in [0.25, 0.3) is 0 Å². The monoisotopic (exact) mass is 369 g/mol. The van der Waals surface area contributed by atoms with Crippen LogP contribution < -0.4 is 4.74 Å². The van der Waals surface area contributed by atoms with Crippen LogP contribution in [0, 0.1) is 6.92 Å². The van der Waals surface area contributed by atoms with E-state index >= 15 is 0 Å². The molecule has 0 saturated heterocycles. The van der Waals surface area contributed by atoms with Crippen molar-refractivity contribution in [1.29, 1.82) is 0 Å². The zero-order valence-electron chi connectivity index (χ0n) is 15.5. The van der Waals surface area contributed by atoms with Gasteiger partial charge in [0.2, 0.25) is 0 Å². The molecule has 0 bridgehead atoms. The molecule has 0 N–H and O–H groups in total. The second kappa shape index (κ2) is 7.92. The number of aryl methyl sites for hydroxylation is 1. The molecular weight excluding hydrogens is 350 g/mol. The predicted octanol–water partition coefficient (Wildman–Crippen LogP) is 5.69. The standard InChI is InChI=1S/C24H19NO3/c1-17-15-21(20-12-6-7-13-22(20)25-17)24(26)27-16-18-9-5-8-14-23(18)28-19-10-3-2-4-11-19/h2-15H,16H2,1H3. The first-order chi connectivity index (χ1) is 13.7. The molecule has 4 heteroatoms. The summed E-state index contributed by atoms with van der Waals surface area (Å²) in [6.07, 6.45) is 0. The third-order valence-electron chi connectivity index (χ3n) is 4.37. The number of nitrogens with zero attached hydrogens (tertiary/aromatic N) is 1. The molecule has 0 unspecified atom stereocenters. The van der Waals surface area contributed by atoms with Crippen molar-refractivity contribution in [3.05, 3.63) is 102 Å². The molecule has 138 valence electrons. The van der Waals surface area contributed by atoms with Gasteiger partial charge < -0.3 is 9.47 Å². The fourth-order valence-electron chi connectivity index (χ4n) is 3.04. The minimum Gasteiger partial charge on any atom is -0.457 e. The Morgan fingerprint density at radius 1 is 0.893 bits per heavy atom. The number of hydrogen-bond acceptors (Lipinski definition) is 4. The molecule has 1 aromatic heterocycles. The summed E-state index contributed by atoms with van der Waals surface area (Å²) < 4.78 is 11.5. The first kappa shape index (κ1) is 17.7. The summed E-state index contributed by atoms with van der Waals surface area (Å²) in [6, 6.07) is 26.4. The number of aromatic nitrogens is 1. The van der Waals surface area contributed by atoms with E-state index < -0.39 is 0 Å². The van der Waals surface area contributed by atoms with E-state index in [9.17, 15) is 4.79 Å². The predicted molar refractivity (Wildman–Crippen MR) is 109 cm³/mol. The Bertz CT molecular complexity index is 1120. The van der Waals surface area contributed by atoms with Gasteiger partial charge in [-0.3, -0.25) is 4.98 Å². The molecular formula is C24H19NO3. The van der Waals surface area contributed by atoms with Gasteiger partial charge >= 0.3 is 5.97 Å². The van der Waals surface area contributed by atoms with Crippen molar-refractivity contribution in [3.8, 4) is 11.5 Å². The number of benzene rings is 3. The van der Waals surface area contributed by atoms with Gasteiger partial charge in [-0.15, -0.1) is 0 Å². The molecule has 0 fully saturated rings. The number of pyridine rings is 1. The lowest BCUT2D eigenvalue weighted by molar-refractivity contribution is 0.0473. The molecule has 0 aliphatic rings. The first-order valence-corrected chi connectivity index (χ1v) is 9.05. The molecule has 4 aromatic rings. The average molecular weight is 369 g/mol. The van der Waals surface area contributed by atoms with Crippen molar-refractivity contribution in [2.45, 2.75) is 13.5 Å². The van der Waals surface area contributed by atoms with Crippen LogP contribution >= 0.6 is 0 Å². The van der Waals surface area contributed by atoms with E-state index in [1.807, 2.05) is 85.8 Å². The minimum atomic E-state index is -0.379. The van der Waals surface area contributed by atoms with E-state index in [0.29, 0.717) is 11.3 Å². The number of para-hydroxylation sites is 3. The molecule has 28 heavy (non-hydrogen) atoms. The molecule has 0 saturated carbocycles. The molecule has 0 amide bonds. The lowest BCUT2D eigenvalue weighted by Gasteiger charge is -2.12. The SMILES string of the molecule is Cc1cc(C(=O)OCc2ccccc2Oc2ccccc2)c2ccccc2n1. The van der Waals surface area contributed by atoms with Crippen molar-refractivity contribution in [3.63, 3.8) is 0 Å². The van der Waals surface area contributed by atoms with Gasteiger partial charge in [0.1, 0.15) is 18.1 Å². The van der Waals surface area contributed by atoms with E-state index in [1.54, 1.807) is 6.07 Å². The van der Waals surface area contributed by atoms with Crippen LogP contribution in [0.25, 0.3) is 10.9 Å². The van der Waals surface area contributed by atoms with Crippen LogP contribution in [0.15, 0.2) is 84.9 Å². The summed E-state index contributed by atoms with van der Waals surface area (Å²) in [5, 5.41) is 0.784. The summed E-state index contributed by atoms with van der Waals surface area (Å²) in [4.78, 5) is 17.2. The smallest absolute Gasteiger partial charge is 0.339 e. The number of hydrogen-bond donors (Lipinski definition) is 0. The highest BCUT2D eigenvalue weighted by Gasteiger charge is 2.14. The Kier molecular flexibility index (Phi) is 5.02. The number of fused-ring (bicyclic) bond motifs is 1. The van der Waals surface area contributed by atoms with Crippen molar-refractivity contribution in [2.24, 2.45) is 0 Å². The van der Waals surface area contributed by atoms with Gasteiger partial charge in [-0.1, -0.05) is 54.6 Å². The Morgan fingerprint density at radius 2 is 1.61 bits per heavy atom. The third kappa shape index (κ3) is 3.86. The fourth-order valence-corrected chi connectivity index (χ4v) is 3.04. The maximum Gasteiger partial charge on any atom is 0.339 e. The third-order valence-corrected chi connectivity index (χ3v) is 4.37. The van der Waals surface area contributed by atoms with Crippen LogP contribution in [-0.2, 0) is 11.3 Å². The zero-order valence-corrected chi connectivity index (χ0v) is 15.5. The zero-order chi connectivity index (χ0) is 19.3. The van der Waals surface area contributed by atoms with Gasteiger partial charge in [0, 0.05) is 16.6 Å². The van der Waals surface area contributed by atoms with Crippen LogP contribution in [0.3, 0.4) is 0 Å². The van der Waals surface area contributed by atoms with Crippen LogP contribution in [0.4, 0.5) is 0 Å². The Labute approximate surface area is 163 Å². The minimum absolute atomic E-state index is 0.123. The Hall–Kier alpha value is -3.66. The number of esters is 1. The molecule has 1 heterocycles. The topological polar surface area (TPSA) is 48.4 Å². The second-order valence-corrected chi connectivity index (χ2v) is 6.43. The highest BCUT2D eigenvalue weighted by molar-refractivity contribution is 6.03. The summed E-state index contributed by atoms with van der Waals surface area (Å²) >= 11 is 0. The van der Waals surface area contributed by atoms with Crippen molar-refractivity contribution in [1.82, 2.24) is 4.98 Å². The van der Waals surface area contributed by atoms with E-state index in [0.717, 1.165) is 27.9 Å². The maximum absolute atomic E-state index is 12.8. The van der Waals surface area contributed by atoms with E-state index in [4.69, 9.17) is 9.47 Å². The van der Waals surface area contributed by atoms with Crippen molar-refractivity contribution < 1.29 is 14.3 Å².